The molecule has 0 aliphatic carbocycles. The molecule has 118 valence electrons. The Morgan fingerprint density at radius 1 is 1.48 bits per heavy atom. The zero-order valence-corrected chi connectivity index (χ0v) is 11.7. The number of hydrogen-bond acceptors (Lipinski definition) is 3. The van der Waals surface area contributed by atoms with Crippen LogP contribution >= 0.6 is 0 Å². The van der Waals surface area contributed by atoms with Crippen molar-refractivity contribution in [2.75, 3.05) is 13.1 Å². The van der Waals surface area contributed by atoms with Crippen LogP contribution in [0.15, 0.2) is 10.6 Å². The van der Waals surface area contributed by atoms with Crippen molar-refractivity contribution in [2.24, 2.45) is 5.92 Å². The fourth-order valence-corrected chi connectivity index (χ4v) is 2.43. The van der Waals surface area contributed by atoms with Gasteiger partial charge in [-0.3, -0.25) is 0 Å². The number of aryl methyl sites for hydroxylation is 1. The first-order valence-electron chi connectivity index (χ1n) is 6.84. The monoisotopic (exact) mass is 305 g/mol. The molecule has 5 nitrogen and oxygen atoms in total. The van der Waals surface area contributed by atoms with E-state index in [2.05, 4.69) is 10.3 Å². The molecule has 0 bridgehead atoms. The third-order valence-electron chi connectivity index (χ3n) is 3.50. The van der Waals surface area contributed by atoms with Crippen LogP contribution in [-0.2, 0) is 6.54 Å². The second-order valence-electron chi connectivity index (χ2n) is 5.25. The lowest BCUT2D eigenvalue weighted by atomic mass is 9.93. The lowest BCUT2D eigenvalue weighted by Crippen LogP contribution is -2.44. The lowest BCUT2D eigenvalue weighted by molar-refractivity contribution is -0.147. The molecule has 0 unspecified atom stereocenters. The Bertz CT molecular complexity index is 479. The maximum Gasteiger partial charge on any atom is 0.389 e. The average Bonchev–Trinajstić information content (AvgIpc) is 2.81. The second-order valence-corrected chi connectivity index (χ2v) is 5.25. The van der Waals surface area contributed by atoms with Gasteiger partial charge in [-0.1, -0.05) is 0 Å². The molecular weight excluding hydrogens is 287 g/mol. The van der Waals surface area contributed by atoms with Gasteiger partial charge in [0.15, 0.2) is 5.89 Å². The minimum absolute atomic E-state index is 0.224. The standard InChI is InChI=1S/C13H18F3N3O2/c1-9-17-7-11(21-9)8-18-12(20)19-4-2-10(3-5-19)6-13(14,15)16/h7,10H,2-6,8H2,1H3,(H,18,20). The Kier molecular flexibility index (Phi) is 4.74. The van der Waals surface area contributed by atoms with Gasteiger partial charge in [0.1, 0.15) is 5.76 Å². The van der Waals surface area contributed by atoms with E-state index in [1.54, 1.807) is 6.92 Å². The highest BCUT2D eigenvalue weighted by Gasteiger charge is 2.34. The van der Waals surface area contributed by atoms with Gasteiger partial charge in [-0.2, -0.15) is 13.2 Å². The highest BCUT2D eigenvalue weighted by molar-refractivity contribution is 5.74. The molecule has 2 rings (SSSR count). The van der Waals surface area contributed by atoms with Crippen molar-refractivity contribution in [1.82, 2.24) is 15.2 Å². The lowest BCUT2D eigenvalue weighted by Gasteiger charge is -2.32. The van der Waals surface area contributed by atoms with Crippen molar-refractivity contribution in [1.29, 1.82) is 0 Å². The average molecular weight is 305 g/mol. The molecule has 0 radical (unpaired) electrons. The van der Waals surface area contributed by atoms with Crippen molar-refractivity contribution in [2.45, 2.75) is 38.9 Å². The van der Waals surface area contributed by atoms with Gasteiger partial charge < -0.3 is 14.6 Å². The van der Waals surface area contributed by atoms with Crippen LogP contribution in [0, 0.1) is 12.8 Å². The van der Waals surface area contributed by atoms with Gasteiger partial charge in [0.25, 0.3) is 0 Å². The SMILES string of the molecule is Cc1ncc(CNC(=O)N2CCC(CC(F)(F)F)CC2)o1. The van der Waals surface area contributed by atoms with Gasteiger partial charge in [0.05, 0.1) is 12.7 Å². The number of carbonyl (C=O) groups is 1. The molecule has 21 heavy (non-hydrogen) atoms. The maximum absolute atomic E-state index is 12.3. The third-order valence-corrected chi connectivity index (χ3v) is 3.50. The predicted molar refractivity (Wildman–Crippen MR) is 68.4 cm³/mol. The Balaban J connectivity index is 1.73. The number of hydrogen-bond donors (Lipinski definition) is 1. The largest absolute Gasteiger partial charge is 0.444 e. The normalized spacial score (nSPS) is 17.0. The maximum atomic E-state index is 12.3. The van der Waals surface area contributed by atoms with Crippen LogP contribution in [0.5, 0.6) is 0 Å². The van der Waals surface area contributed by atoms with Crippen molar-refractivity contribution in [3.63, 3.8) is 0 Å². The zero-order valence-electron chi connectivity index (χ0n) is 11.7. The number of alkyl halides is 3. The molecule has 1 aromatic heterocycles. The van der Waals surface area contributed by atoms with E-state index in [1.807, 2.05) is 0 Å². The number of aromatic nitrogens is 1. The second kappa shape index (κ2) is 6.36. The Hall–Kier alpha value is -1.73. The molecule has 2 heterocycles. The van der Waals surface area contributed by atoms with Crippen LogP contribution in [0.3, 0.4) is 0 Å². The zero-order chi connectivity index (χ0) is 15.5. The minimum Gasteiger partial charge on any atom is -0.444 e. The van der Waals surface area contributed by atoms with Crippen molar-refractivity contribution in [3.8, 4) is 0 Å². The summed E-state index contributed by atoms with van der Waals surface area (Å²) in [7, 11) is 0. The quantitative estimate of drug-likeness (QED) is 0.934. The minimum atomic E-state index is -4.13. The van der Waals surface area contributed by atoms with Gasteiger partial charge in [0, 0.05) is 26.4 Å². The Labute approximate surface area is 120 Å². The van der Waals surface area contributed by atoms with Gasteiger partial charge >= 0.3 is 12.2 Å². The molecule has 0 atom stereocenters. The van der Waals surface area contributed by atoms with Crippen molar-refractivity contribution < 1.29 is 22.4 Å². The summed E-state index contributed by atoms with van der Waals surface area (Å²) in [4.78, 5) is 17.4. The molecule has 1 aromatic rings. The summed E-state index contributed by atoms with van der Waals surface area (Å²) < 4.78 is 42.1. The molecule has 1 saturated heterocycles. The predicted octanol–water partition coefficient (Wildman–Crippen LogP) is 2.86. The summed E-state index contributed by atoms with van der Waals surface area (Å²) in [6, 6.07) is -0.283. The van der Waals surface area contributed by atoms with Gasteiger partial charge in [-0.05, 0) is 18.8 Å². The Morgan fingerprint density at radius 3 is 2.67 bits per heavy atom. The van der Waals surface area contributed by atoms with Crippen LogP contribution in [0.25, 0.3) is 0 Å². The molecule has 1 aliphatic rings. The summed E-state index contributed by atoms with van der Waals surface area (Å²) >= 11 is 0. The summed E-state index contributed by atoms with van der Waals surface area (Å²) in [6.45, 7) is 2.63. The van der Waals surface area contributed by atoms with E-state index >= 15 is 0 Å². The van der Waals surface area contributed by atoms with Crippen molar-refractivity contribution >= 4 is 6.03 Å². The molecule has 0 aromatic carbocycles. The molecule has 1 aliphatic heterocycles. The van der Waals surface area contributed by atoms with Crippen molar-refractivity contribution in [3.05, 3.63) is 17.8 Å². The molecule has 2 amide bonds. The number of nitrogens with zero attached hydrogens (tertiary/aromatic N) is 2. The number of rotatable bonds is 3. The van der Waals surface area contributed by atoms with Crippen LogP contribution in [-0.4, -0.2) is 35.2 Å². The summed E-state index contributed by atoms with van der Waals surface area (Å²) in [5.74, 6) is 0.686. The van der Waals surface area contributed by atoms with Crippen LogP contribution in [0.2, 0.25) is 0 Å². The number of oxazole rings is 1. The van der Waals surface area contributed by atoms with E-state index in [9.17, 15) is 18.0 Å². The van der Waals surface area contributed by atoms with E-state index < -0.39 is 12.6 Å². The number of nitrogens with one attached hydrogen (secondary N) is 1. The van der Waals surface area contributed by atoms with Crippen LogP contribution < -0.4 is 5.32 Å². The smallest absolute Gasteiger partial charge is 0.389 e. The van der Waals surface area contributed by atoms with Crippen LogP contribution in [0.4, 0.5) is 18.0 Å². The van der Waals surface area contributed by atoms with Gasteiger partial charge in [-0.25, -0.2) is 9.78 Å². The van der Waals surface area contributed by atoms with E-state index in [0.717, 1.165) is 0 Å². The highest BCUT2D eigenvalue weighted by Crippen LogP contribution is 2.30. The van der Waals surface area contributed by atoms with E-state index in [-0.39, 0.29) is 18.5 Å². The van der Waals surface area contributed by atoms with E-state index in [1.165, 1.54) is 11.1 Å². The molecule has 0 saturated carbocycles. The van der Waals surface area contributed by atoms with Gasteiger partial charge in [-0.15, -0.1) is 0 Å². The molecule has 8 heteroatoms. The number of amides is 2. The Morgan fingerprint density at radius 2 is 2.14 bits per heavy atom. The summed E-state index contributed by atoms with van der Waals surface area (Å²) in [5.41, 5.74) is 0. The third kappa shape index (κ3) is 4.95. The molecule has 1 fully saturated rings. The summed E-state index contributed by atoms with van der Waals surface area (Å²) in [5, 5.41) is 2.68. The number of halogens is 3. The fourth-order valence-electron chi connectivity index (χ4n) is 2.43. The van der Waals surface area contributed by atoms with E-state index in [0.29, 0.717) is 37.6 Å². The first-order valence-corrected chi connectivity index (χ1v) is 6.84. The highest BCUT2D eigenvalue weighted by atomic mass is 19.4. The number of urea groups is 1. The van der Waals surface area contributed by atoms with Gasteiger partial charge in [0.2, 0.25) is 0 Å². The fraction of sp³-hybridized carbons (Fsp3) is 0.692. The van der Waals surface area contributed by atoms with E-state index in [4.69, 9.17) is 4.42 Å². The van der Waals surface area contributed by atoms with Crippen LogP contribution in [0.1, 0.15) is 30.9 Å². The number of piperidine rings is 1. The molecular formula is C13H18F3N3O2. The first-order chi connectivity index (χ1) is 9.83. The first kappa shape index (κ1) is 15.7. The molecule has 1 N–H and O–H groups in total. The topological polar surface area (TPSA) is 58.4 Å². The summed E-state index contributed by atoms with van der Waals surface area (Å²) in [6.07, 6.45) is -2.59. The number of likely N-dealkylation sites (tertiary alicyclic amines) is 1. The molecule has 0 spiro atoms. The number of carbonyl (C=O) groups excluding carboxylic acids is 1.